The van der Waals surface area contributed by atoms with Gasteiger partial charge in [0.2, 0.25) is 0 Å². The van der Waals surface area contributed by atoms with Gasteiger partial charge in [0.1, 0.15) is 0 Å². The van der Waals surface area contributed by atoms with Gasteiger partial charge in [0.05, 0.1) is 10.7 Å². The number of para-hydroxylation sites is 1. The largest absolute Gasteiger partial charge is 0.480 e. The van der Waals surface area contributed by atoms with E-state index in [4.69, 9.17) is 21.4 Å². The minimum absolute atomic E-state index is 0.335. The smallest absolute Gasteiger partial charge is 0.330 e. The van der Waals surface area contributed by atoms with Crippen LogP contribution in [0.1, 0.15) is 0 Å². The molecule has 2 atom stereocenters. The molecule has 1 aromatic rings. The van der Waals surface area contributed by atoms with Gasteiger partial charge >= 0.3 is 5.97 Å². The number of nitrogens with zero attached hydrogens (tertiary/aromatic N) is 1. The minimum Gasteiger partial charge on any atom is -0.480 e. The van der Waals surface area contributed by atoms with Crippen LogP contribution >= 0.6 is 11.6 Å². The molecule has 1 aromatic carbocycles. The Morgan fingerprint density at radius 1 is 1.47 bits per heavy atom. The number of anilines is 1. The van der Waals surface area contributed by atoms with Gasteiger partial charge in [-0.1, -0.05) is 23.7 Å². The van der Waals surface area contributed by atoms with E-state index in [0.29, 0.717) is 10.7 Å². The Bertz CT molecular complexity index is 476. The summed E-state index contributed by atoms with van der Waals surface area (Å²) < 4.78 is 4.85. The van der Waals surface area contributed by atoms with Crippen LogP contribution in [0.5, 0.6) is 0 Å². The van der Waals surface area contributed by atoms with Gasteiger partial charge < -0.3 is 9.84 Å². The zero-order chi connectivity index (χ0) is 12.6. The molecular formula is C11H10ClNO4. The molecular weight excluding hydrogens is 246 g/mol. The van der Waals surface area contributed by atoms with Crippen molar-refractivity contribution in [3.8, 4) is 0 Å². The van der Waals surface area contributed by atoms with Crippen LogP contribution in [0.3, 0.4) is 0 Å². The first-order valence-corrected chi connectivity index (χ1v) is 5.29. The molecule has 2 rings (SSSR count). The minimum atomic E-state index is -1.11. The quantitative estimate of drug-likeness (QED) is 0.823. The number of carbonyl (C=O) groups is 2. The van der Waals surface area contributed by atoms with E-state index in [1.165, 1.54) is 7.11 Å². The molecule has 1 fully saturated rings. The molecule has 2 unspecified atom stereocenters. The number of ether oxygens (including phenoxy) is 1. The highest BCUT2D eigenvalue weighted by molar-refractivity contribution is 6.34. The molecule has 17 heavy (non-hydrogen) atoms. The van der Waals surface area contributed by atoms with Gasteiger partial charge in [0.25, 0.3) is 5.91 Å². The molecule has 0 aromatic heterocycles. The first-order valence-electron chi connectivity index (χ1n) is 4.91. The second-order valence-corrected chi connectivity index (χ2v) is 4.01. The molecule has 1 amide bonds. The zero-order valence-corrected chi connectivity index (χ0v) is 9.72. The van der Waals surface area contributed by atoms with Crippen molar-refractivity contribution in [3.05, 3.63) is 29.3 Å². The number of carbonyl (C=O) groups excluding carboxylic acids is 1. The van der Waals surface area contributed by atoms with Gasteiger partial charge in [-0.2, -0.15) is 0 Å². The van der Waals surface area contributed by atoms with E-state index in [-0.39, 0.29) is 0 Å². The van der Waals surface area contributed by atoms with E-state index in [1.807, 2.05) is 0 Å². The SMILES string of the molecule is COC1C(=O)N(c2ccccc2Cl)C1C(=O)O. The lowest BCUT2D eigenvalue weighted by Crippen LogP contribution is -2.69. The Kier molecular flexibility index (Phi) is 3.04. The molecule has 1 saturated heterocycles. The molecule has 1 aliphatic heterocycles. The first kappa shape index (κ1) is 11.9. The fraction of sp³-hybridized carbons (Fsp3) is 0.273. The van der Waals surface area contributed by atoms with Crippen molar-refractivity contribution in [1.29, 1.82) is 0 Å². The number of amides is 1. The van der Waals surface area contributed by atoms with Gasteiger partial charge in [0.15, 0.2) is 12.1 Å². The number of β-lactam (4-membered cyclic amide) rings is 1. The van der Waals surface area contributed by atoms with Gasteiger partial charge in [-0.25, -0.2) is 4.79 Å². The summed E-state index contributed by atoms with van der Waals surface area (Å²) in [4.78, 5) is 24.0. The standard InChI is InChI=1S/C11H10ClNO4/c1-17-9-8(11(15)16)13(10(9)14)7-5-3-2-4-6(7)12/h2-5,8-9H,1H3,(H,15,16). The van der Waals surface area contributed by atoms with Gasteiger partial charge in [0, 0.05) is 7.11 Å². The Hall–Kier alpha value is -1.59. The van der Waals surface area contributed by atoms with Crippen LogP contribution < -0.4 is 4.90 Å². The van der Waals surface area contributed by atoms with Crippen LogP contribution in [0.4, 0.5) is 5.69 Å². The number of hydrogen-bond acceptors (Lipinski definition) is 3. The fourth-order valence-corrected chi connectivity index (χ4v) is 2.07. The summed E-state index contributed by atoms with van der Waals surface area (Å²) in [5.74, 6) is -1.51. The number of aliphatic carboxylic acids is 1. The lowest BCUT2D eigenvalue weighted by atomic mass is 9.96. The number of methoxy groups -OCH3 is 1. The van der Waals surface area contributed by atoms with Crippen molar-refractivity contribution in [1.82, 2.24) is 0 Å². The van der Waals surface area contributed by atoms with Gasteiger partial charge in [-0.05, 0) is 12.1 Å². The molecule has 90 valence electrons. The number of carboxylic acids is 1. The normalized spacial score (nSPS) is 23.4. The Labute approximate surface area is 103 Å². The van der Waals surface area contributed by atoms with Crippen molar-refractivity contribution in [3.63, 3.8) is 0 Å². The molecule has 5 nitrogen and oxygen atoms in total. The molecule has 0 saturated carbocycles. The van der Waals surface area contributed by atoms with E-state index in [1.54, 1.807) is 24.3 Å². The Morgan fingerprint density at radius 3 is 2.65 bits per heavy atom. The lowest BCUT2D eigenvalue weighted by Gasteiger charge is -2.43. The molecule has 0 spiro atoms. The maximum atomic E-state index is 11.7. The van der Waals surface area contributed by atoms with E-state index in [9.17, 15) is 9.59 Å². The number of hydrogen-bond donors (Lipinski definition) is 1. The van der Waals surface area contributed by atoms with Gasteiger partial charge in [-0.15, -0.1) is 0 Å². The third-order valence-corrected chi connectivity index (χ3v) is 2.98. The van der Waals surface area contributed by atoms with Gasteiger partial charge in [-0.3, -0.25) is 9.69 Å². The van der Waals surface area contributed by atoms with Crippen molar-refractivity contribution >= 4 is 29.2 Å². The topological polar surface area (TPSA) is 66.8 Å². The third-order valence-electron chi connectivity index (χ3n) is 2.66. The van der Waals surface area contributed by atoms with E-state index in [2.05, 4.69) is 0 Å². The lowest BCUT2D eigenvalue weighted by molar-refractivity contribution is -0.155. The summed E-state index contributed by atoms with van der Waals surface area (Å²) in [5, 5.41) is 9.39. The number of halogens is 1. The van der Waals surface area contributed by atoms with Crippen molar-refractivity contribution in [2.45, 2.75) is 12.1 Å². The Balaban J connectivity index is 2.36. The average molecular weight is 256 g/mol. The maximum absolute atomic E-state index is 11.7. The molecule has 1 N–H and O–H groups in total. The summed E-state index contributed by atoms with van der Waals surface area (Å²) in [5.41, 5.74) is 0.389. The second kappa shape index (κ2) is 4.35. The molecule has 0 aliphatic carbocycles. The van der Waals surface area contributed by atoms with Crippen LogP contribution in [0, 0.1) is 0 Å². The summed E-state index contributed by atoms with van der Waals surface area (Å²) in [6, 6.07) is 5.57. The van der Waals surface area contributed by atoms with Crippen LogP contribution in [0.25, 0.3) is 0 Å². The first-order chi connectivity index (χ1) is 8.07. The highest BCUT2D eigenvalue weighted by atomic mass is 35.5. The zero-order valence-electron chi connectivity index (χ0n) is 8.96. The van der Waals surface area contributed by atoms with E-state index >= 15 is 0 Å². The highest BCUT2D eigenvalue weighted by Gasteiger charge is 2.53. The highest BCUT2D eigenvalue weighted by Crippen LogP contribution is 2.34. The molecule has 6 heteroatoms. The average Bonchev–Trinajstić information content (AvgIpc) is 2.28. The monoisotopic (exact) mass is 255 g/mol. The predicted octanol–water partition coefficient (Wildman–Crippen LogP) is 1.15. The predicted molar refractivity (Wildman–Crippen MR) is 61.2 cm³/mol. The summed E-state index contributed by atoms with van der Waals surface area (Å²) in [7, 11) is 1.31. The molecule has 1 aliphatic rings. The maximum Gasteiger partial charge on any atom is 0.330 e. The van der Waals surface area contributed by atoms with E-state index < -0.39 is 24.0 Å². The van der Waals surface area contributed by atoms with Crippen molar-refractivity contribution in [2.24, 2.45) is 0 Å². The van der Waals surface area contributed by atoms with Crippen molar-refractivity contribution in [2.75, 3.05) is 12.0 Å². The summed E-state index contributed by atoms with van der Waals surface area (Å²) in [6.45, 7) is 0. The summed E-state index contributed by atoms with van der Waals surface area (Å²) in [6.07, 6.45) is -0.941. The second-order valence-electron chi connectivity index (χ2n) is 3.60. The Morgan fingerprint density at radius 2 is 2.12 bits per heavy atom. The molecule has 0 bridgehead atoms. The molecule has 0 radical (unpaired) electrons. The number of carboxylic acid groups (broad SMARTS) is 1. The van der Waals surface area contributed by atoms with Crippen LogP contribution in [-0.4, -0.2) is 36.2 Å². The number of benzene rings is 1. The fourth-order valence-electron chi connectivity index (χ4n) is 1.85. The molecule has 1 heterocycles. The van der Waals surface area contributed by atoms with E-state index in [0.717, 1.165) is 4.90 Å². The van der Waals surface area contributed by atoms with Crippen LogP contribution in [0.15, 0.2) is 24.3 Å². The third kappa shape index (κ3) is 1.77. The van der Waals surface area contributed by atoms with Crippen molar-refractivity contribution < 1.29 is 19.4 Å². The summed E-state index contributed by atoms with van der Waals surface area (Å²) >= 11 is 5.93. The van der Waals surface area contributed by atoms with Crippen LogP contribution in [-0.2, 0) is 14.3 Å². The van der Waals surface area contributed by atoms with Crippen LogP contribution in [0.2, 0.25) is 5.02 Å². The number of rotatable bonds is 3.